The molecule has 2 nitrogen and oxygen atoms in total. The van der Waals surface area contributed by atoms with Crippen LogP contribution < -0.4 is 10.4 Å². The molecule has 0 atom stereocenters. The summed E-state index contributed by atoms with van der Waals surface area (Å²) in [5, 5.41) is 2.64. The lowest BCUT2D eigenvalue weighted by Crippen LogP contribution is -2.52. The van der Waals surface area contributed by atoms with Gasteiger partial charge in [-0.25, -0.2) is 0 Å². The molecular weight excluding hydrogens is 290 g/mol. The van der Waals surface area contributed by atoms with E-state index in [1.54, 1.807) is 0 Å². The van der Waals surface area contributed by atoms with E-state index in [0.29, 0.717) is 0 Å². The predicted octanol–water partition coefficient (Wildman–Crippen LogP) is 3.26. The van der Waals surface area contributed by atoms with E-state index in [-0.39, 0.29) is 5.91 Å². The molecule has 0 radical (unpaired) electrons. The summed E-state index contributed by atoms with van der Waals surface area (Å²) in [6.07, 6.45) is 0. The van der Waals surface area contributed by atoms with Gasteiger partial charge in [-0.1, -0.05) is 57.5 Å². The van der Waals surface area contributed by atoms with E-state index in [4.69, 9.17) is 0 Å². The average molecular weight is 322 g/mol. The van der Waals surface area contributed by atoms with Gasteiger partial charge >= 0.3 is 0 Å². The topological polar surface area (TPSA) is 20.3 Å². The molecule has 0 heterocycles. The van der Waals surface area contributed by atoms with Gasteiger partial charge in [0.05, 0.1) is 16.1 Å². The average Bonchev–Trinajstić information content (AvgIpc) is 2.37. The third-order valence-electron chi connectivity index (χ3n) is 3.95. The maximum Gasteiger partial charge on any atom is 0.253 e. The Morgan fingerprint density at radius 3 is 1.57 bits per heavy atom. The molecule has 1 rings (SSSR count). The molecule has 1 aromatic rings. The van der Waals surface area contributed by atoms with Crippen molar-refractivity contribution in [1.82, 2.24) is 4.90 Å². The van der Waals surface area contributed by atoms with Gasteiger partial charge < -0.3 is 4.90 Å². The van der Waals surface area contributed by atoms with Crippen LogP contribution in [-0.2, 0) is 0 Å². The monoisotopic (exact) mass is 321 g/mol. The van der Waals surface area contributed by atoms with E-state index in [9.17, 15) is 4.79 Å². The fourth-order valence-corrected chi connectivity index (χ4v) is 6.00. The molecule has 21 heavy (non-hydrogen) atoms. The first kappa shape index (κ1) is 18.2. The minimum Gasteiger partial charge on any atom is -0.339 e. The van der Waals surface area contributed by atoms with Gasteiger partial charge in [0.25, 0.3) is 5.91 Å². The molecule has 0 aromatic heterocycles. The maximum atomic E-state index is 13.1. The number of nitrogens with zero attached hydrogens (tertiary/aromatic N) is 1. The second-order valence-electron chi connectivity index (χ2n) is 7.71. The van der Waals surface area contributed by atoms with Crippen molar-refractivity contribution in [1.29, 1.82) is 0 Å². The molecule has 0 aliphatic carbocycles. The van der Waals surface area contributed by atoms with E-state index in [0.717, 1.165) is 18.7 Å². The molecular formula is C17H31NOSi2. The summed E-state index contributed by atoms with van der Waals surface area (Å²) in [6, 6.07) is 6.53. The van der Waals surface area contributed by atoms with Gasteiger partial charge in [-0.3, -0.25) is 4.79 Å². The number of amides is 1. The second kappa shape index (κ2) is 6.48. The van der Waals surface area contributed by atoms with E-state index >= 15 is 0 Å². The van der Waals surface area contributed by atoms with Crippen LogP contribution in [0, 0.1) is 0 Å². The quantitative estimate of drug-likeness (QED) is 0.762. The van der Waals surface area contributed by atoms with Crippen LogP contribution in [0.3, 0.4) is 0 Å². The maximum absolute atomic E-state index is 13.1. The molecule has 4 heteroatoms. The summed E-state index contributed by atoms with van der Waals surface area (Å²) < 4.78 is 0. The number of carbonyl (C=O) groups is 1. The number of benzene rings is 1. The summed E-state index contributed by atoms with van der Waals surface area (Å²) >= 11 is 0. The molecule has 0 aliphatic heterocycles. The summed E-state index contributed by atoms with van der Waals surface area (Å²) in [4.78, 5) is 15.1. The van der Waals surface area contributed by atoms with Gasteiger partial charge in [-0.15, -0.1) is 0 Å². The number of hydrogen-bond donors (Lipinski definition) is 0. The number of hydrogen-bond acceptors (Lipinski definition) is 1. The Bertz CT molecular complexity index is 476. The van der Waals surface area contributed by atoms with Gasteiger partial charge in [0, 0.05) is 18.7 Å². The molecule has 0 N–H and O–H groups in total. The summed E-state index contributed by atoms with van der Waals surface area (Å²) in [5.74, 6) is 0.232. The SMILES string of the molecule is CCN(CC)C(=O)c1c([Si](C)(C)C)cccc1[Si](C)(C)C. The number of carbonyl (C=O) groups excluding carboxylic acids is 1. The minimum atomic E-state index is -1.55. The van der Waals surface area contributed by atoms with Gasteiger partial charge in [0.2, 0.25) is 0 Å². The van der Waals surface area contributed by atoms with Crippen molar-refractivity contribution < 1.29 is 4.79 Å². The van der Waals surface area contributed by atoms with E-state index in [1.165, 1.54) is 10.4 Å². The van der Waals surface area contributed by atoms with Crippen LogP contribution in [0.5, 0.6) is 0 Å². The highest BCUT2D eigenvalue weighted by molar-refractivity contribution is 6.93. The smallest absolute Gasteiger partial charge is 0.253 e. The van der Waals surface area contributed by atoms with Crippen molar-refractivity contribution in [3.63, 3.8) is 0 Å². The molecule has 1 amide bonds. The molecule has 0 bridgehead atoms. The standard InChI is InChI=1S/C17H31NOSi2/c1-9-18(10-2)17(19)16-14(20(3,4)5)12-11-13-15(16)21(6,7)8/h11-13H,9-10H2,1-8H3. The lowest BCUT2D eigenvalue weighted by atomic mass is 10.2. The van der Waals surface area contributed by atoms with Gasteiger partial charge in [0.1, 0.15) is 0 Å². The Balaban J connectivity index is 3.61. The highest BCUT2D eigenvalue weighted by Crippen LogP contribution is 2.13. The first-order valence-electron chi connectivity index (χ1n) is 7.97. The van der Waals surface area contributed by atoms with Crippen LogP contribution >= 0.6 is 0 Å². The van der Waals surface area contributed by atoms with Crippen LogP contribution in [0.15, 0.2) is 18.2 Å². The highest BCUT2D eigenvalue weighted by atomic mass is 28.3. The molecule has 0 saturated carbocycles. The van der Waals surface area contributed by atoms with Crippen LogP contribution in [0.2, 0.25) is 39.3 Å². The first-order valence-corrected chi connectivity index (χ1v) is 15.0. The fourth-order valence-electron chi connectivity index (χ4n) is 2.70. The molecule has 0 saturated heterocycles. The second-order valence-corrected chi connectivity index (χ2v) is 17.8. The fraction of sp³-hybridized carbons (Fsp3) is 0.588. The largest absolute Gasteiger partial charge is 0.339 e. The van der Waals surface area contributed by atoms with Gasteiger partial charge in [-0.2, -0.15) is 0 Å². The molecule has 0 aliphatic rings. The highest BCUT2D eigenvalue weighted by Gasteiger charge is 2.31. The lowest BCUT2D eigenvalue weighted by molar-refractivity contribution is 0.0775. The first-order chi connectivity index (χ1) is 9.54. The molecule has 1 aromatic carbocycles. The van der Waals surface area contributed by atoms with Crippen molar-refractivity contribution in [2.45, 2.75) is 53.1 Å². The zero-order chi connectivity index (χ0) is 16.4. The van der Waals surface area contributed by atoms with Crippen LogP contribution in [-0.4, -0.2) is 40.0 Å². The minimum absolute atomic E-state index is 0.232. The van der Waals surface area contributed by atoms with E-state index in [2.05, 4.69) is 71.3 Å². The predicted molar refractivity (Wildman–Crippen MR) is 99.7 cm³/mol. The Labute approximate surface area is 132 Å². The van der Waals surface area contributed by atoms with Crippen LogP contribution in [0.4, 0.5) is 0 Å². The van der Waals surface area contributed by atoms with Crippen molar-refractivity contribution in [3.8, 4) is 0 Å². The van der Waals surface area contributed by atoms with Crippen molar-refractivity contribution in [2.75, 3.05) is 13.1 Å². The zero-order valence-corrected chi connectivity index (χ0v) is 17.0. The number of rotatable bonds is 5. The van der Waals surface area contributed by atoms with Crippen molar-refractivity contribution in [2.24, 2.45) is 0 Å². The lowest BCUT2D eigenvalue weighted by Gasteiger charge is -2.30. The summed E-state index contributed by atoms with van der Waals surface area (Å²) in [6.45, 7) is 19.7. The molecule has 0 spiro atoms. The van der Waals surface area contributed by atoms with Crippen molar-refractivity contribution in [3.05, 3.63) is 23.8 Å². The summed E-state index contributed by atoms with van der Waals surface area (Å²) in [7, 11) is -3.09. The third kappa shape index (κ3) is 4.07. The van der Waals surface area contributed by atoms with Crippen LogP contribution in [0.25, 0.3) is 0 Å². The summed E-state index contributed by atoms with van der Waals surface area (Å²) in [5.41, 5.74) is 1.03. The normalized spacial score (nSPS) is 12.4. The Morgan fingerprint density at radius 1 is 0.905 bits per heavy atom. The van der Waals surface area contributed by atoms with Crippen LogP contribution in [0.1, 0.15) is 24.2 Å². The van der Waals surface area contributed by atoms with E-state index in [1.807, 2.05) is 4.90 Å². The van der Waals surface area contributed by atoms with Crippen molar-refractivity contribution >= 4 is 32.4 Å². The molecule has 0 fully saturated rings. The molecule has 0 unspecified atom stereocenters. The third-order valence-corrected chi connectivity index (χ3v) is 8.01. The Hall–Kier alpha value is -0.876. The molecule has 118 valence electrons. The Kier molecular flexibility index (Phi) is 5.61. The zero-order valence-electron chi connectivity index (χ0n) is 15.0. The van der Waals surface area contributed by atoms with Gasteiger partial charge in [0.15, 0.2) is 0 Å². The van der Waals surface area contributed by atoms with E-state index < -0.39 is 16.1 Å². The Morgan fingerprint density at radius 2 is 1.29 bits per heavy atom. The van der Waals surface area contributed by atoms with Gasteiger partial charge in [-0.05, 0) is 24.2 Å².